The highest BCUT2D eigenvalue weighted by molar-refractivity contribution is 7.86. The van der Waals surface area contributed by atoms with Gasteiger partial charge in [0.15, 0.2) is 0 Å². The number of benzene rings is 2. The van der Waals surface area contributed by atoms with Crippen LogP contribution in [0.15, 0.2) is 75.9 Å². The quantitative estimate of drug-likeness (QED) is 0.0361. The second-order valence-electron chi connectivity index (χ2n) is 16.6. The van der Waals surface area contributed by atoms with Gasteiger partial charge in [0, 0.05) is 54.2 Å². The minimum absolute atomic E-state index is 0.0172. The Morgan fingerprint density at radius 1 is 0.775 bits per heavy atom. The Hall–Kier alpha value is -4.93. The van der Waals surface area contributed by atoms with E-state index in [9.17, 15) is 53.3 Å². The number of allylic oxidation sites excluding steroid dienone is 3. The number of fused-ring (bicyclic) bond motifs is 2. The normalized spacial score (nSPS) is 17.6. The summed E-state index contributed by atoms with van der Waals surface area (Å²) in [6, 6.07) is 11.6. The van der Waals surface area contributed by atoms with Crippen molar-refractivity contribution in [3.63, 3.8) is 0 Å². The third-order valence-corrected chi connectivity index (χ3v) is 14.0. The van der Waals surface area contributed by atoms with Crippen LogP contribution in [0.4, 0.5) is 5.69 Å². The molecule has 1 aliphatic carbocycles. The molecule has 1 aromatic carbocycles. The first kappa shape index (κ1) is 57.0. The van der Waals surface area contributed by atoms with Gasteiger partial charge in [-0.3, -0.25) is 23.2 Å². The van der Waals surface area contributed by atoms with Crippen LogP contribution >= 0.6 is 0 Å². The molecule has 5 rings (SSSR count). The molecule has 3 heterocycles. The van der Waals surface area contributed by atoms with E-state index in [0.29, 0.717) is 60.7 Å². The summed E-state index contributed by atoms with van der Waals surface area (Å²) < 4.78 is 135. The van der Waals surface area contributed by atoms with Crippen molar-refractivity contribution in [2.24, 2.45) is 0 Å². The van der Waals surface area contributed by atoms with Crippen LogP contribution in [-0.4, -0.2) is 159 Å². The van der Waals surface area contributed by atoms with Crippen molar-refractivity contribution in [1.29, 1.82) is 0 Å². The van der Waals surface area contributed by atoms with Gasteiger partial charge >= 0.3 is 5.97 Å². The fourth-order valence-corrected chi connectivity index (χ4v) is 9.52. The molecule has 1 unspecified atom stereocenters. The predicted octanol–water partition coefficient (Wildman–Crippen LogP) is 3.12. The Kier molecular flexibility index (Phi) is 21.4. The van der Waals surface area contributed by atoms with Crippen LogP contribution in [0.3, 0.4) is 0 Å². The number of hydrogen-bond donors (Lipinski definition) is 3. The predicted molar refractivity (Wildman–Crippen MR) is 257 cm³/mol. The lowest BCUT2D eigenvalue weighted by atomic mass is 9.77. The molecule has 4 aliphatic rings. The number of amides is 2. The van der Waals surface area contributed by atoms with E-state index in [0.717, 1.165) is 16.5 Å². The molecule has 3 N–H and O–H groups in total. The number of carbonyl (C=O) groups excluding carboxylic acids is 3. The van der Waals surface area contributed by atoms with Crippen molar-refractivity contribution in [3.05, 3.63) is 83.1 Å². The van der Waals surface area contributed by atoms with E-state index in [-0.39, 0.29) is 102 Å². The standard InChI is InChI=1S/C46H61N3O19S3/c1-3-47(18-6-32-70(56,57)58)36-9-11-38-35(15-21-67-41(38)33-36)7-4-8-42-46(2,17-5-31-69(53,54)55)39-34-37(71(59,60)61)10-12-40(39)48(42)19-22-63-24-26-65-28-30-66-29-27-64-25-23-62-20-16-45(52)68-49-43(50)13-14-44(49)51/h4,7-12,15,21,33-34H,3,5-6,13-14,16-20,22-32H2,1-2H3,(H2-,53,54,55,56,57,58,59,60,61)/p+1. The molecular formula is C46H62N3O19S3+. The molecule has 0 radical (unpaired) electrons. The van der Waals surface area contributed by atoms with Crippen LogP contribution in [0.2, 0.25) is 0 Å². The van der Waals surface area contributed by atoms with Gasteiger partial charge in [0.25, 0.3) is 42.2 Å². The van der Waals surface area contributed by atoms with E-state index in [4.69, 9.17) is 32.9 Å². The number of rotatable bonds is 31. The van der Waals surface area contributed by atoms with Crippen molar-refractivity contribution in [2.45, 2.75) is 62.7 Å². The molecule has 392 valence electrons. The average Bonchev–Trinajstić information content (AvgIpc) is 3.74. The van der Waals surface area contributed by atoms with Crippen LogP contribution < -0.4 is 14.8 Å². The number of hydroxylamine groups is 2. The molecule has 3 aliphatic heterocycles. The van der Waals surface area contributed by atoms with Gasteiger partial charge in [-0.2, -0.15) is 25.3 Å². The molecule has 0 bridgehead atoms. The van der Waals surface area contributed by atoms with Crippen molar-refractivity contribution in [1.82, 2.24) is 9.64 Å². The summed E-state index contributed by atoms with van der Waals surface area (Å²) in [7, 11) is -13.0. The molecule has 2 amide bonds. The van der Waals surface area contributed by atoms with Gasteiger partial charge < -0.3 is 37.8 Å². The molecule has 22 nitrogen and oxygen atoms in total. The zero-order valence-electron chi connectivity index (χ0n) is 39.6. The summed E-state index contributed by atoms with van der Waals surface area (Å²) in [5, 5.41) is 1.29. The van der Waals surface area contributed by atoms with Gasteiger partial charge in [-0.15, -0.1) is 5.06 Å². The Morgan fingerprint density at radius 2 is 1.37 bits per heavy atom. The summed E-state index contributed by atoms with van der Waals surface area (Å²) in [4.78, 5) is 41.2. The zero-order valence-corrected chi connectivity index (χ0v) is 42.1. The molecule has 25 heteroatoms. The second-order valence-corrected chi connectivity index (χ2v) is 21.1. The maximum Gasteiger partial charge on any atom is 0.335 e. The number of hydrogen-bond acceptors (Lipinski definition) is 17. The summed E-state index contributed by atoms with van der Waals surface area (Å²) in [6.07, 6.45) is 7.37. The first-order valence-corrected chi connectivity index (χ1v) is 27.6. The highest BCUT2D eigenvalue weighted by Gasteiger charge is 2.44. The van der Waals surface area contributed by atoms with Crippen molar-refractivity contribution < 1.29 is 86.2 Å². The summed E-state index contributed by atoms with van der Waals surface area (Å²) >= 11 is 0. The maximum atomic E-state index is 12.3. The maximum absolute atomic E-state index is 12.3. The molecule has 0 spiro atoms. The highest BCUT2D eigenvalue weighted by Crippen LogP contribution is 2.51. The van der Waals surface area contributed by atoms with E-state index in [1.165, 1.54) is 18.4 Å². The largest absolute Gasteiger partial charge is 0.464 e. The van der Waals surface area contributed by atoms with Gasteiger partial charge in [-0.1, -0.05) is 12.2 Å². The third-order valence-electron chi connectivity index (χ3n) is 11.5. The summed E-state index contributed by atoms with van der Waals surface area (Å²) in [5.74, 6) is -2.18. The Bertz CT molecular complexity index is 2740. The van der Waals surface area contributed by atoms with E-state index in [1.54, 1.807) is 12.1 Å². The molecule has 0 aromatic heterocycles. The molecule has 1 saturated heterocycles. The monoisotopic (exact) mass is 1060 g/mol. The molecule has 0 saturated carbocycles. The number of carbonyl (C=O) groups is 3. The molecule has 1 aromatic rings. The van der Waals surface area contributed by atoms with E-state index < -0.39 is 59.3 Å². The average molecular weight is 1060 g/mol. The van der Waals surface area contributed by atoms with Gasteiger partial charge in [-0.25, -0.2) is 9.37 Å². The lowest BCUT2D eigenvalue weighted by molar-refractivity contribution is -0.198. The molecule has 1 fully saturated rings. The van der Waals surface area contributed by atoms with Crippen LogP contribution in [0.5, 0.6) is 0 Å². The summed E-state index contributed by atoms with van der Waals surface area (Å²) in [5.41, 5.74) is 2.35. The Morgan fingerprint density at radius 3 is 1.96 bits per heavy atom. The van der Waals surface area contributed by atoms with Gasteiger partial charge in [0.1, 0.15) is 18.8 Å². The Balaban J connectivity index is 1.16. The van der Waals surface area contributed by atoms with Crippen LogP contribution in [0.25, 0.3) is 17.4 Å². The molecule has 1 atom stereocenters. The van der Waals surface area contributed by atoms with Crippen LogP contribution in [-0.2, 0) is 78.7 Å². The number of ether oxygens (including phenoxy) is 5. The lowest BCUT2D eigenvalue weighted by Gasteiger charge is -2.30. The smallest absolute Gasteiger partial charge is 0.335 e. The van der Waals surface area contributed by atoms with E-state index >= 15 is 0 Å². The zero-order chi connectivity index (χ0) is 51.7. The topological polar surface area (TPSA) is 292 Å². The fourth-order valence-electron chi connectivity index (χ4n) is 8.01. The first-order chi connectivity index (χ1) is 33.7. The van der Waals surface area contributed by atoms with Crippen molar-refractivity contribution >= 4 is 59.9 Å². The lowest BCUT2D eigenvalue weighted by Crippen LogP contribution is -2.32. The fraction of sp³-hybridized carbons (Fsp3) is 0.522. The number of anilines is 1. The van der Waals surface area contributed by atoms with E-state index in [2.05, 4.69) is 0 Å². The van der Waals surface area contributed by atoms with Gasteiger partial charge in [-0.05, 0) is 74.2 Å². The van der Waals surface area contributed by atoms with Crippen molar-refractivity contribution in [2.75, 3.05) is 102 Å². The van der Waals surface area contributed by atoms with Crippen LogP contribution in [0, 0.1) is 0 Å². The first-order valence-electron chi connectivity index (χ1n) is 22.9. The minimum atomic E-state index is -4.62. The minimum Gasteiger partial charge on any atom is -0.464 e. The third kappa shape index (κ3) is 17.7. The number of imide groups is 1. The van der Waals surface area contributed by atoms with Gasteiger partial charge in [0.05, 0.1) is 101 Å². The SMILES string of the molecule is CC[N+](CCCS(=O)(=O)O)=c1ccc2c(/C=C/C=C3/N(CCOCCOCCOCCOCCOCCC(=O)ON4C(=O)CCC4=O)c4ccc(S(=O)(=O)O)cc4C3(C)CCCS(=O)(=O)O)ccoc-2c1. The summed E-state index contributed by atoms with van der Waals surface area (Å²) in [6.45, 7) is 7.38. The molecular weight excluding hydrogens is 995 g/mol. The Labute approximate surface area is 413 Å². The number of nitrogens with zero attached hydrogens (tertiary/aromatic N) is 3. The van der Waals surface area contributed by atoms with Gasteiger partial charge in [0.2, 0.25) is 5.36 Å². The van der Waals surface area contributed by atoms with Crippen molar-refractivity contribution in [3.8, 4) is 11.3 Å². The van der Waals surface area contributed by atoms with Crippen LogP contribution in [0.1, 0.15) is 63.5 Å². The second kappa shape index (κ2) is 26.7. The van der Waals surface area contributed by atoms with E-state index in [1.807, 2.05) is 59.8 Å². The molecule has 71 heavy (non-hydrogen) atoms. The highest BCUT2D eigenvalue weighted by atomic mass is 32.2.